The first-order valence-electron chi connectivity index (χ1n) is 6.43. The Hall–Kier alpha value is -1.82. The number of Topliss-reactive ketones (excluding diaryl/α,β-unsaturated/α-hetero) is 1. The number of carbonyl (C=O) groups excluding carboxylic acids is 1. The third-order valence-corrected chi connectivity index (χ3v) is 3.52. The molecule has 1 aliphatic heterocycles. The maximum atomic E-state index is 11.4. The van der Waals surface area contributed by atoms with Crippen LogP contribution in [-0.2, 0) is 0 Å². The molecule has 0 N–H and O–H groups in total. The van der Waals surface area contributed by atoms with Crippen LogP contribution >= 0.6 is 0 Å². The van der Waals surface area contributed by atoms with Gasteiger partial charge in [-0.2, -0.15) is 5.26 Å². The maximum Gasteiger partial charge on any atom is 0.159 e. The SMILES string of the molecule is CC(=O)c1cccc(N2CCCC(CC#N)C2)c1. The van der Waals surface area contributed by atoms with Gasteiger partial charge in [0, 0.05) is 30.8 Å². The minimum Gasteiger partial charge on any atom is -0.371 e. The number of anilines is 1. The molecule has 3 heteroatoms. The predicted molar refractivity (Wildman–Crippen MR) is 71.6 cm³/mol. The number of nitriles is 1. The van der Waals surface area contributed by atoms with E-state index in [-0.39, 0.29) is 5.78 Å². The number of hydrogen-bond acceptors (Lipinski definition) is 3. The largest absolute Gasteiger partial charge is 0.371 e. The van der Waals surface area contributed by atoms with Gasteiger partial charge in [0.05, 0.1) is 6.07 Å². The number of hydrogen-bond donors (Lipinski definition) is 0. The van der Waals surface area contributed by atoms with Crippen molar-refractivity contribution in [2.45, 2.75) is 26.2 Å². The van der Waals surface area contributed by atoms with Crippen molar-refractivity contribution in [3.63, 3.8) is 0 Å². The molecule has 1 saturated heterocycles. The van der Waals surface area contributed by atoms with Gasteiger partial charge in [-0.3, -0.25) is 4.79 Å². The van der Waals surface area contributed by atoms with E-state index in [1.807, 2.05) is 24.3 Å². The van der Waals surface area contributed by atoms with Gasteiger partial charge in [0.25, 0.3) is 0 Å². The predicted octanol–water partition coefficient (Wildman–Crippen LogP) is 3.02. The standard InChI is InChI=1S/C15H18N2O/c1-12(18)14-5-2-6-15(10-14)17-9-3-4-13(11-17)7-8-16/h2,5-6,10,13H,3-4,7,9,11H2,1H3. The molecule has 0 amide bonds. The molecule has 1 aliphatic rings. The maximum absolute atomic E-state index is 11.4. The second kappa shape index (κ2) is 5.68. The normalized spacial score (nSPS) is 19.3. The Morgan fingerprint density at radius 1 is 1.56 bits per heavy atom. The molecular weight excluding hydrogens is 224 g/mol. The van der Waals surface area contributed by atoms with Gasteiger partial charge in [-0.15, -0.1) is 0 Å². The molecule has 1 fully saturated rings. The topological polar surface area (TPSA) is 44.1 Å². The zero-order chi connectivity index (χ0) is 13.0. The summed E-state index contributed by atoms with van der Waals surface area (Å²) in [6.45, 7) is 3.53. The van der Waals surface area contributed by atoms with Crippen molar-refractivity contribution >= 4 is 11.5 Å². The first-order valence-corrected chi connectivity index (χ1v) is 6.43. The average molecular weight is 242 g/mol. The summed E-state index contributed by atoms with van der Waals surface area (Å²) in [5, 5.41) is 8.78. The number of nitrogens with zero attached hydrogens (tertiary/aromatic N) is 2. The summed E-state index contributed by atoms with van der Waals surface area (Å²) >= 11 is 0. The molecule has 1 atom stereocenters. The van der Waals surface area contributed by atoms with E-state index in [1.54, 1.807) is 6.92 Å². The summed E-state index contributed by atoms with van der Waals surface area (Å²) in [4.78, 5) is 13.7. The van der Waals surface area contributed by atoms with E-state index >= 15 is 0 Å². The molecule has 0 aliphatic carbocycles. The summed E-state index contributed by atoms with van der Waals surface area (Å²) < 4.78 is 0. The van der Waals surface area contributed by atoms with Crippen molar-refractivity contribution in [2.75, 3.05) is 18.0 Å². The third kappa shape index (κ3) is 2.89. The van der Waals surface area contributed by atoms with Gasteiger partial charge >= 0.3 is 0 Å². The molecule has 0 bridgehead atoms. The monoisotopic (exact) mass is 242 g/mol. The Balaban J connectivity index is 2.13. The van der Waals surface area contributed by atoms with Crippen LogP contribution in [0.2, 0.25) is 0 Å². The van der Waals surface area contributed by atoms with Crippen LogP contribution in [-0.4, -0.2) is 18.9 Å². The molecule has 1 heterocycles. The quantitative estimate of drug-likeness (QED) is 0.765. The zero-order valence-corrected chi connectivity index (χ0v) is 10.7. The Bertz CT molecular complexity index is 476. The van der Waals surface area contributed by atoms with E-state index in [0.717, 1.165) is 37.2 Å². The Labute approximate surface area is 108 Å². The van der Waals surface area contributed by atoms with E-state index in [2.05, 4.69) is 11.0 Å². The van der Waals surface area contributed by atoms with E-state index in [9.17, 15) is 4.79 Å². The van der Waals surface area contributed by atoms with Crippen LogP contribution in [0.1, 0.15) is 36.5 Å². The zero-order valence-electron chi connectivity index (χ0n) is 10.7. The van der Waals surface area contributed by atoms with Crippen molar-refractivity contribution in [1.29, 1.82) is 5.26 Å². The van der Waals surface area contributed by atoms with Gasteiger partial charge < -0.3 is 4.90 Å². The average Bonchev–Trinajstić information content (AvgIpc) is 2.39. The van der Waals surface area contributed by atoms with E-state index in [0.29, 0.717) is 12.3 Å². The summed E-state index contributed by atoms with van der Waals surface area (Å²) in [6, 6.07) is 10.0. The van der Waals surface area contributed by atoms with Crippen molar-refractivity contribution in [2.24, 2.45) is 5.92 Å². The van der Waals surface area contributed by atoms with Gasteiger partial charge in [0.2, 0.25) is 0 Å². The highest BCUT2D eigenvalue weighted by Crippen LogP contribution is 2.25. The second-order valence-electron chi connectivity index (χ2n) is 4.92. The number of benzene rings is 1. The van der Waals surface area contributed by atoms with Crippen LogP contribution in [0.4, 0.5) is 5.69 Å². The fraction of sp³-hybridized carbons (Fsp3) is 0.467. The highest BCUT2D eigenvalue weighted by Gasteiger charge is 2.20. The molecule has 2 rings (SSSR count). The molecule has 0 spiro atoms. The smallest absolute Gasteiger partial charge is 0.159 e. The Morgan fingerprint density at radius 2 is 2.39 bits per heavy atom. The number of piperidine rings is 1. The van der Waals surface area contributed by atoms with Crippen LogP contribution < -0.4 is 4.90 Å². The lowest BCUT2D eigenvalue weighted by molar-refractivity contribution is 0.101. The highest BCUT2D eigenvalue weighted by atomic mass is 16.1. The molecule has 18 heavy (non-hydrogen) atoms. The third-order valence-electron chi connectivity index (χ3n) is 3.52. The molecule has 0 saturated carbocycles. The second-order valence-corrected chi connectivity index (χ2v) is 4.92. The molecule has 1 aromatic carbocycles. The molecule has 0 aromatic heterocycles. The van der Waals surface area contributed by atoms with E-state index in [1.165, 1.54) is 0 Å². The van der Waals surface area contributed by atoms with Gasteiger partial charge in [-0.05, 0) is 37.8 Å². The summed E-state index contributed by atoms with van der Waals surface area (Å²) in [7, 11) is 0. The van der Waals surface area contributed by atoms with Crippen molar-refractivity contribution in [3.8, 4) is 6.07 Å². The van der Waals surface area contributed by atoms with Crippen LogP contribution in [0, 0.1) is 17.2 Å². The molecule has 1 aromatic rings. The summed E-state index contributed by atoms with van der Waals surface area (Å²) in [6.07, 6.45) is 2.88. The molecule has 1 unspecified atom stereocenters. The minimum absolute atomic E-state index is 0.0995. The van der Waals surface area contributed by atoms with Crippen molar-refractivity contribution in [1.82, 2.24) is 0 Å². The van der Waals surface area contributed by atoms with Gasteiger partial charge in [-0.1, -0.05) is 12.1 Å². The summed E-state index contributed by atoms with van der Waals surface area (Å²) in [5.41, 5.74) is 1.86. The first kappa shape index (κ1) is 12.6. The number of rotatable bonds is 3. The molecular formula is C15H18N2O. The van der Waals surface area contributed by atoms with Crippen LogP contribution in [0.3, 0.4) is 0 Å². The lowest BCUT2D eigenvalue weighted by atomic mass is 9.95. The highest BCUT2D eigenvalue weighted by molar-refractivity contribution is 5.94. The van der Waals surface area contributed by atoms with Crippen molar-refractivity contribution in [3.05, 3.63) is 29.8 Å². The Kier molecular flexibility index (Phi) is 3.99. The lowest BCUT2D eigenvalue weighted by Crippen LogP contribution is -2.35. The molecule has 0 radical (unpaired) electrons. The molecule has 3 nitrogen and oxygen atoms in total. The van der Waals surface area contributed by atoms with Gasteiger partial charge in [0.1, 0.15) is 0 Å². The summed E-state index contributed by atoms with van der Waals surface area (Å²) in [5.74, 6) is 0.562. The van der Waals surface area contributed by atoms with Gasteiger partial charge in [0.15, 0.2) is 5.78 Å². The number of ketones is 1. The van der Waals surface area contributed by atoms with E-state index < -0.39 is 0 Å². The lowest BCUT2D eigenvalue weighted by Gasteiger charge is -2.33. The molecule has 94 valence electrons. The minimum atomic E-state index is 0.0995. The van der Waals surface area contributed by atoms with Crippen molar-refractivity contribution < 1.29 is 4.79 Å². The van der Waals surface area contributed by atoms with Crippen LogP contribution in [0.5, 0.6) is 0 Å². The van der Waals surface area contributed by atoms with Gasteiger partial charge in [-0.25, -0.2) is 0 Å². The first-order chi connectivity index (χ1) is 8.70. The fourth-order valence-corrected chi connectivity index (χ4v) is 2.52. The Morgan fingerprint density at radius 3 is 3.11 bits per heavy atom. The van der Waals surface area contributed by atoms with Crippen LogP contribution in [0.25, 0.3) is 0 Å². The van der Waals surface area contributed by atoms with E-state index in [4.69, 9.17) is 5.26 Å². The van der Waals surface area contributed by atoms with Crippen LogP contribution in [0.15, 0.2) is 24.3 Å². The fourth-order valence-electron chi connectivity index (χ4n) is 2.52. The number of carbonyl (C=O) groups is 1.